The highest BCUT2D eigenvalue weighted by atomic mass is 32.2. The zero-order chi connectivity index (χ0) is 16.4. The van der Waals surface area contributed by atoms with Crippen molar-refractivity contribution < 1.29 is 13.2 Å². The van der Waals surface area contributed by atoms with E-state index in [0.717, 1.165) is 32.1 Å². The van der Waals surface area contributed by atoms with Crippen molar-refractivity contribution in [2.24, 2.45) is 5.92 Å². The molecule has 1 heterocycles. The molecule has 2 aliphatic carbocycles. The Morgan fingerprint density at radius 2 is 2.00 bits per heavy atom. The van der Waals surface area contributed by atoms with Gasteiger partial charge in [-0.3, -0.25) is 4.79 Å². The summed E-state index contributed by atoms with van der Waals surface area (Å²) in [4.78, 5) is 12.1. The fourth-order valence-electron chi connectivity index (χ4n) is 3.14. The van der Waals surface area contributed by atoms with Crippen molar-refractivity contribution in [1.29, 1.82) is 0 Å². The van der Waals surface area contributed by atoms with Gasteiger partial charge < -0.3 is 5.32 Å². The van der Waals surface area contributed by atoms with Gasteiger partial charge in [0, 0.05) is 6.04 Å². The van der Waals surface area contributed by atoms with E-state index >= 15 is 0 Å². The molecule has 0 aliphatic heterocycles. The first-order valence-electron chi connectivity index (χ1n) is 8.21. The van der Waals surface area contributed by atoms with E-state index in [1.54, 1.807) is 4.68 Å². The maximum absolute atomic E-state index is 12.3. The average molecular weight is 341 g/mol. The highest BCUT2D eigenvalue weighted by Gasteiger charge is 2.31. The zero-order valence-electron chi connectivity index (χ0n) is 13.3. The van der Waals surface area contributed by atoms with Crippen molar-refractivity contribution in [2.75, 3.05) is 5.75 Å². The summed E-state index contributed by atoms with van der Waals surface area (Å²) < 4.78 is 26.1. The van der Waals surface area contributed by atoms with Gasteiger partial charge >= 0.3 is 0 Å². The van der Waals surface area contributed by atoms with Gasteiger partial charge in [-0.25, -0.2) is 13.1 Å². The summed E-state index contributed by atoms with van der Waals surface area (Å²) in [7, 11) is -3.58. The van der Waals surface area contributed by atoms with E-state index in [-0.39, 0.29) is 17.8 Å². The van der Waals surface area contributed by atoms with Crippen molar-refractivity contribution in [1.82, 2.24) is 25.5 Å². The first-order valence-corrected chi connectivity index (χ1v) is 10.0. The molecule has 0 aromatic carbocycles. The molecule has 23 heavy (non-hydrogen) atoms. The second-order valence-electron chi connectivity index (χ2n) is 6.74. The minimum Gasteiger partial charge on any atom is -0.352 e. The third-order valence-corrected chi connectivity index (χ3v) is 6.01. The van der Waals surface area contributed by atoms with E-state index in [9.17, 15) is 13.2 Å². The van der Waals surface area contributed by atoms with Gasteiger partial charge in [0.1, 0.15) is 11.5 Å². The largest absolute Gasteiger partial charge is 0.352 e. The van der Waals surface area contributed by atoms with Crippen LogP contribution in [-0.4, -0.2) is 46.3 Å². The average Bonchev–Trinajstić information content (AvgIpc) is 3.21. The van der Waals surface area contributed by atoms with E-state index in [1.165, 1.54) is 6.42 Å². The molecule has 2 fully saturated rings. The number of rotatable bonds is 6. The molecule has 1 aromatic heterocycles. The van der Waals surface area contributed by atoms with Gasteiger partial charge in [0.15, 0.2) is 15.7 Å². The van der Waals surface area contributed by atoms with E-state index in [0.29, 0.717) is 11.7 Å². The Hall–Kier alpha value is -1.51. The van der Waals surface area contributed by atoms with Crippen LogP contribution in [0.25, 0.3) is 0 Å². The summed E-state index contributed by atoms with van der Waals surface area (Å²) in [6.07, 6.45) is 6.20. The minimum absolute atomic E-state index is 0.0863. The van der Waals surface area contributed by atoms with E-state index < -0.39 is 21.5 Å². The lowest BCUT2D eigenvalue weighted by Crippen LogP contribution is -2.43. The van der Waals surface area contributed by atoms with Crippen molar-refractivity contribution in [2.45, 2.75) is 63.3 Å². The fourth-order valence-corrected chi connectivity index (χ4v) is 4.30. The Morgan fingerprint density at radius 1 is 1.26 bits per heavy atom. The van der Waals surface area contributed by atoms with Crippen molar-refractivity contribution in [3.8, 4) is 0 Å². The summed E-state index contributed by atoms with van der Waals surface area (Å²) in [6, 6.07) is 0.301. The highest BCUT2D eigenvalue weighted by molar-refractivity contribution is 7.91. The maximum Gasteiger partial charge on any atom is 0.235 e. The summed E-state index contributed by atoms with van der Waals surface area (Å²) >= 11 is 0. The molecular formula is C14H23N5O3S. The maximum atomic E-state index is 12.3. The van der Waals surface area contributed by atoms with Crippen LogP contribution in [0.2, 0.25) is 0 Å². The van der Waals surface area contributed by atoms with Crippen LogP contribution in [-0.2, 0) is 20.4 Å². The number of amides is 1. The highest BCUT2D eigenvalue weighted by Crippen LogP contribution is 2.34. The second kappa shape index (κ2) is 6.54. The Bertz CT molecular complexity index is 668. The summed E-state index contributed by atoms with van der Waals surface area (Å²) in [5.74, 6) is -0.490. The molecule has 2 aliphatic rings. The van der Waals surface area contributed by atoms with Gasteiger partial charge in [-0.05, 0) is 42.0 Å². The van der Waals surface area contributed by atoms with Gasteiger partial charge in [-0.1, -0.05) is 19.8 Å². The summed E-state index contributed by atoms with van der Waals surface area (Å²) in [5.41, 5.74) is 0. The first-order chi connectivity index (χ1) is 10.9. The second-order valence-corrected chi connectivity index (χ2v) is 8.80. The first kappa shape index (κ1) is 16.4. The lowest BCUT2D eigenvalue weighted by molar-refractivity contribution is -0.119. The molecule has 9 heteroatoms. The molecule has 0 unspecified atom stereocenters. The van der Waals surface area contributed by atoms with Gasteiger partial charge in [0.05, 0.1) is 6.04 Å². The Labute approximate surface area is 135 Å². The van der Waals surface area contributed by atoms with Crippen LogP contribution < -0.4 is 5.32 Å². The summed E-state index contributed by atoms with van der Waals surface area (Å²) in [5, 5.41) is 14.0. The number of hydrogen-bond acceptors (Lipinski definition) is 6. The molecule has 0 saturated heterocycles. The molecule has 1 aromatic rings. The third-order valence-electron chi connectivity index (χ3n) is 4.61. The Kier molecular flexibility index (Phi) is 4.65. The standard InChI is InChI=1S/C14H23N5O3S/c1-10-4-2-3-5-12(10)15-14(20)9-23(21,22)8-13-16-17-18-19(13)11-6-7-11/h10-12H,2-9H2,1H3,(H,15,20)/t10-,12-/m0/s1. The number of tetrazole rings is 1. The number of carbonyl (C=O) groups is 1. The number of nitrogens with zero attached hydrogens (tertiary/aromatic N) is 4. The quantitative estimate of drug-likeness (QED) is 0.813. The SMILES string of the molecule is C[C@H]1CCCC[C@@H]1NC(=O)CS(=O)(=O)Cc1nnnn1C1CC1. The lowest BCUT2D eigenvalue weighted by Gasteiger charge is -2.29. The van der Waals surface area contributed by atoms with Gasteiger partial charge in [0.25, 0.3) is 0 Å². The molecular weight excluding hydrogens is 318 g/mol. The van der Waals surface area contributed by atoms with Crippen molar-refractivity contribution >= 4 is 15.7 Å². The van der Waals surface area contributed by atoms with Crippen LogP contribution >= 0.6 is 0 Å². The minimum atomic E-state index is -3.58. The number of nitrogens with one attached hydrogen (secondary N) is 1. The Balaban J connectivity index is 1.57. The number of sulfone groups is 1. The van der Waals surface area contributed by atoms with Crippen LogP contribution in [0.1, 0.15) is 57.3 Å². The molecule has 128 valence electrons. The predicted octanol–water partition coefficient (Wildman–Crippen LogP) is 0.618. The summed E-state index contributed by atoms with van der Waals surface area (Å²) in [6.45, 7) is 2.10. The molecule has 0 radical (unpaired) electrons. The van der Waals surface area contributed by atoms with Crippen LogP contribution in [0, 0.1) is 5.92 Å². The van der Waals surface area contributed by atoms with E-state index in [2.05, 4.69) is 27.8 Å². The molecule has 2 atom stereocenters. The van der Waals surface area contributed by atoms with Gasteiger partial charge in [0.2, 0.25) is 5.91 Å². The van der Waals surface area contributed by atoms with Crippen LogP contribution in [0.5, 0.6) is 0 Å². The fraction of sp³-hybridized carbons (Fsp3) is 0.857. The molecule has 1 amide bonds. The lowest BCUT2D eigenvalue weighted by atomic mass is 9.86. The van der Waals surface area contributed by atoms with Crippen molar-refractivity contribution in [3.05, 3.63) is 5.82 Å². The van der Waals surface area contributed by atoms with Crippen LogP contribution in [0.15, 0.2) is 0 Å². The Morgan fingerprint density at radius 3 is 2.70 bits per heavy atom. The predicted molar refractivity (Wildman–Crippen MR) is 83.1 cm³/mol. The van der Waals surface area contributed by atoms with Crippen LogP contribution in [0.4, 0.5) is 0 Å². The monoisotopic (exact) mass is 341 g/mol. The third kappa shape index (κ3) is 4.27. The van der Waals surface area contributed by atoms with E-state index in [1.807, 2.05) is 0 Å². The molecule has 0 spiro atoms. The molecule has 0 bridgehead atoms. The van der Waals surface area contributed by atoms with E-state index in [4.69, 9.17) is 0 Å². The molecule has 2 saturated carbocycles. The molecule has 8 nitrogen and oxygen atoms in total. The molecule has 1 N–H and O–H groups in total. The van der Waals surface area contributed by atoms with Crippen molar-refractivity contribution in [3.63, 3.8) is 0 Å². The van der Waals surface area contributed by atoms with Crippen LogP contribution in [0.3, 0.4) is 0 Å². The van der Waals surface area contributed by atoms with Gasteiger partial charge in [-0.2, -0.15) is 0 Å². The smallest absolute Gasteiger partial charge is 0.235 e. The zero-order valence-corrected chi connectivity index (χ0v) is 14.1. The number of hydrogen-bond donors (Lipinski definition) is 1. The number of aromatic nitrogens is 4. The molecule has 3 rings (SSSR count). The normalized spacial score (nSPS) is 25.3. The van der Waals surface area contributed by atoms with Gasteiger partial charge in [-0.15, -0.1) is 5.10 Å². The number of carbonyl (C=O) groups excluding carboxylic acids is 1. The topological polar surface area (TPSA) is 107 Å².